The highest BCUT2D eigenvalue weighted by molar-refractivity contribution is 6.25. The molecule has 1 atom stereocenters. The molecule has 2 aromatic rings. The standard InChI is InChI=1S/C21H20N2O5/c1-20(2,3)28-19(26)23-17(24)12-14(16-10-7-11-27-16)21(23)13-8-5-6-9-15(13)22(4)18(21)25/h5-12H,1-4H3/t21-/m0/s1. The average Bonchev–Trinajstić information content (AvgIpc) is 3.29. The van der Waals surface area contributed by atoms with Crippen LogP contribution >= 0.6 is 0 Å². The molecule has 0 unspecified atom stereocenters. The number of carbonyl (C=O) groups excluding carboxylic acids is 3. The smallest absolute Gasteiger partial charge is 0.418 e. The van der Waals surface area contributed by atoms with Crippen molar-refractivity contribution in [2.75, 3.05) is 11.9 Å². The second-order valence-electron chi connectivity index (χ2n) is 7.78. The van der Waals surface area contributed by atoms with E-state index in [0.717, 1.165) is 4.90 Å². The normalized spacial score (nSPS) is 21.4. The highest BCUT2D eigenvalue weighted by atomic mass is 16.6. The highest BCUT2D eigenvalue weighted by Crippen LogP contribution is 2.54. The number of para-hydroxylation sites is 1. The van der Waals surface area contributed by atoms with Gasteiger partial charge in [-0.1, -0.05) is 18.2 Å². The summed E-state index contributed by atoms with van der Waals surface area (Å²) in [6.07, 6.45) is 1.85. The number of likely N-dealkylation sites (N-methyl/N-ethyl adjacent to an activating group) is 1. The van der Waals surface area contributed by atoms with Crippen molar-refractivity contribution in [3.63, 3.8) is 0 Å². The van der Waals surface area contributed by atoms with Crippen LogP contribution in [0.15, 0.2) is 53.2 Å². The van der Waals surface area contributed by atoms with Gasteiger partial charge in [0.15, 0.2) is 5.54 Å². The lowest BCUT2D eigenvalue weighted by Gasteiger charge is -2.35. The number of amides is 3. The number of nitrogens with zero attached hydrogens (tertiary/aromatic N) is 2. The van der Waals surface area contributed by atoms with Crippen LogP contribution in [0.3, 0.4) is 0 Å². The molecule has 3 heterocycles. The number of carbonyl (C=O) groups is 3. The molecule has 7 heteroatoms. The molecular formula is C21H20N2O5. The Labute approximate surface area is 162 Å². The largest absolute Gasteiger partial charge is 0.465 e. The van der Waals surface area contributed by atoms with Crippen molar-refractivity contribution in [2.45, 2.75) is 31.9 Å². The number of hydrogen-bond donors (Lipinski definition) is 0. The highest BCUT2D eigenvalue weighted by Gasteiger charge is 2.64. The van der Waals surface area contributed by atoms with Gasteiger partial charge in [0.05, 0.1) is 6.26 Å². The Hall–Kier alpha value is -3.35. The summed E-state index contributed by atoms with van der Waals surface area (Å²) in [6.45, 7) is 5.11. The maximum absolute atomic E-state index is 13.6. The first kappa shape index (κ1) is 18.0. The fourth-order valence-electron chi connectivity index (χ4n) is 3.81. The first-order valence-electron chi connectivity index (χ1n) is 8.89. The van der Waals surface area contributed by atoms with E-state index in [1.807, 2.05) is 0 Å². The Morgan fingerprint density at radius 1 is 1.11 bits per heavy atom. The molecule has 2 aliphatic heterocycles. The van der Waals surface area contributed by atoms with Crippen LogP contribution in [-0.2, 0) is 19.9 Å². The molecule has 0 saturated heterocycles. The molecule has 144 valence electrons. The van der Waals surface area contributed by atoms with E-state index >= 15 is 0 Å². The van der Waals surface area contributed by atoms with E-state index in [2.05, 4.69) is 0 Å². The predicted molar refractivity (Wildman–Crippen MR) is 101 cm³/mol. The van der Waals surface area contributed by atoms with Crippen LogP contribution in [0.25, 0.3) is 5.57 Å². The van der Waals surface area contributed by atoms with Crippen LogP contribution in [0.4, 0.5) is 10.5 Å². The number of imide groups is 1. The fraction of sp³-hybridized carbons (Fsp3) is 0.286. The summed E-state index contributed by atoms with van der Waals surface area (Å²) in [4.78, 5) is 41.9. The molecule has 2 aliphatic rings. The number of benzene rings is 1. The van der Waals surface area contributed by atoms with Crippen molar-refractivity contribution >= 4 is 29.2 Å². The number of hydrogen-bond acceptors (Lipinski definition) is 5. The maximum Gasteiger partial charge on any atom is 0.418 e. The number of fused-ring (bicyclic) bond motifs is 2. The third-order valence-electron chi connectivity index (χ3n) is 4.85. The molecule has 1 aromatic carbocycles. The molecule has 0 fully saturated rings. The molecule has 7 nitrogen and oxygen atoms in total. The van der Waals surface area contributed by atoms with Crippen molar-refractivity contribution in [3.05, 3.63) is 60.1 Å². The van der Waals surface area contributed by atoms with E-state index < -0.39 is 29.0 Å². The summed E-state index contributed by atoms with van der Waals surface area (Å²) in [6, 6.07) is 10.4. The molecule has 0 N–H and O–H groups in total. The average molecular weight is 380 g/mol. The van der Waals surface area contributed by atoms with Gasteiger partial charge in [-0.2, -0.15) is 0 Å². The van der Waals surface area contributed by atoms with E-state index in [0.29, 0.717) is 22.6 Å². The molecule has 0 aliphatic carbocycles. The lowest BCUT2D eigenvalue weighted by molar-refractivity contribution is -0.136. The minimum absolute atomic E-state index is 0.315. The number of anilines is 1. The van der Waals surface area contributed by atoms with E-state index in [4.69, 9.17) is 9.15 Å². The zero-order valence-electron chi connectivity index (χ0n) is 16.1. The van der Waals surface area contributed by atoms with Gasteiger partial charge < -0.3 is 14.1 Å². The molecule has 0 saturated carbocycles. The second-order valence-corrected chi connectivity index (χ2v) is 7.78. The van der Waals surface area contributed by atoms with Crippen LogP contribution in [0.1, 0.15) is 32.1 Å². The van der Waals surface area contributed by atoms with Gasteiger partial charge in [0.1, 0.15) is 11.4 Å². The Balaban J connectivity index is 1.98. The fourth-order valence-corrected chi connectivity index (χ4v) is 3.81. The van der Waals surface area contributed by atoms with Crippen LogP contribution in [0.2, 0.25) is 0 Å². The van der Waals surface area contributed by atoms with Crippen molar-refractivity contribution in [1.29, 1.82) is 0 Å². The van der Waals surface area contributed by atoms with Crippen LogP contribution in [-0.4, -0.2) is 35.5 Å². The Morgan fingerprint density at radius 3 is 2.46 bits per heavy atom. The summed E-state index contributed by atoms with van der Waals surface area (Å²) >= 11 is 0. The first-order chi connectivity index (χ1) is 13.2. The third kappa shape index (κ3) is 2.32. The van der Waals surface area contributed by atoms with Crippen LogP contribution < -0.4 is 4.90 Å². The summed E-state index contributed by atoms with van der Waals surface area (Å²) < 4.78 is 11.0. The SMILES string of the molecule is CN1C(=O)[C@@]2(C(c3ccco3)=CC(=O)N2C(=O)OC(C)(C)C)c2ccccc21. The van der Waals surface area contributed by atoms with Crippen molar-refractivity contribution in [2.24, 2.45) is 0 Å². The second kappa shape index (κ2) is 5.82. The van der Waals surface area contributed by atoms with Gasteiger partial charge in [-0.25, -0.2) is 9.69 Å². The first-order valence-corrected chi connectivity index (χ1v) is 8.89. The number of ether oxygens (including phenoxy) is 1. The van der Waals surface area contributed by atoms with Gasteiger partial charge in [-0.05, 0) is 39.0 Å². The van der Waals surface area contributed by atoms with Gasteiger partial charge in [-0.15, -0.1) is 0 Å². The minimum Gasteiger partial charge on any atom is -0.465 e. The zero-order valence-corrected chi connectivity index (χ0v) is 16.1. The summed E-state index contributed by atoms with van der Waals surface area (Å²) in [5.41, 5.74) is -1.04. The Bertz CT molecular complexity index is 1020. The van der Waals surface area contributed by atoms with E-state index in [1.54, 1.807) is 64.2 Å². The third-order valence-corrected chi connectivity index (χ3v) is 4.85. The molecule has 3 amide bonds. The zero-order chi connectivity index (χ0) is 20.3. The Kier molecular flexibility index (Phi) is 3.75. The van der Waals surface area contributed by atoms with Gasteiger partial charge in [-0.3, -0.25) is 9.59 Å². The number of rotatable bonds is 1. The maximum atomic E-state index is 13.6. The minimum atomic E-state index is -1.66. The van der Waals surface area contributed by atoms with Gasteiger partial charge >= 0.3 is 6.09 Å². The molecule has 1 spiro atoms. The monoisotopic (exact) mass is 380 g/mol. The molecule has 0 bridgehead atoms. The molecule has 28 heavy (non-hydrogen) atoms. The Morgan fingerprint density at radius 2 is 1.82 bits per heavy atom. The van der Waals surface area contributed by atoms with Crippen LogP contribution in [0, 0.1) is 0 Å². The molecule has 4 rings (SSSR count). The summed E-state index contributed by atoms with van der Waals surface area (Å²) in [7, 11) is 1.62. The lowest BCUT2D eigenvalue weighted by atomic mass is 9.83. The van der Waals surface area contributed by atoms with Crippen LogP contribution in [0.5, 0.6) is 0 Å². The van der Waals surface area contributed by atoms with Crippen molar-refractivity contribution < 1.29 is 23.5 Å². The van der Waals surface area contributed by atoms with E-state index in [-0.39, 0.29) is 0 Å². The van der Waals surface area contributed by atoms with Crippen molar-refractivity contribution in [1.82, 2.24) is 4.90 Å². The topological polar surface area (TPSA) is 80.1 Å². The quantitative estimate of drug-likeness (QED) is 0.758. The van der Waals surface area contributed by atoms with Gasteiger partial charge in [0.25, 0.3) is 11.8 Å². The van der Waals surface area contributed by atoms with E-state index in [1.165, 1.54) is 17.2 Å². The van der Waals surface area contributed by atoms with Crippen molar-refractivity contribution in [3.8, 4) is 0 Å². The summed E-state index contributed by atoms with van der Waals surface area (Å²) in [5, 5.41) is 0. The predicted octanol–water partition coefficient (Wildman–Crippen LogP) is 3.31. The summed E-state index contributed by atoms with van der Waals surface area (Å²) in [5.74, 6) is -0.704. The molecule has 1 aromatic heterocycles. The van der Waals surface area contributed by atoms with E-state index in [9.17, 15) is 14.4 Å². The molecular weight excluding hydrogens is 360 g/mol. The van der Waals surface area contributed by atoms with Gasteiger partial charge in [0.2, 0.25) is 0 Å². The number of furan rings is 1. The lowest BCUT2D eigenvalue weighted by Crippen LogP contribution is -2.55. The van der Waals surface area contributed by atoms with Gasteiger partial charge in [0, 0.05) is 29.9 Å². The molecule has 0 radical (unpaired) electrons.